The van der Waals surface area contributed by atoms with Crippen LogP contribution in [0.2, 0.25) is 5.02 Å². The van der Waals surface area contributed by atoms with E-state index in [1.165, 1.54) is 18.3 Å². The van der Waals surface area contributed by atoms with E-state index in [-0.39, 0.29) is 23.7 Å². The Labute approximate surface area is 229 Å². The van der Waals surface area contributed by atoms with Crippen molar-refractivity contribution >= 4 is 50.8 Å². The summed E-state index contributed by atoms with van der Waals surface area (Å²) in [5, 5.41) is 17.7. The number of pyridine rings is 1. The summed E-state index contributed by atoms with van der Waals surface area (Å²) >= 11 is 6.02. The summed E-state index contributed by atoms with van der Waals surface area (Å²) in [6.45, 7) is 1.96. The fourth-order valence-electron chi connectivity index (χ4n) is 3.91. The number of nitrogens with zero attached hydrogens (tertiary/aromatic N) is 2. The number of nitrogens with one attached hydrogen (secondary N) is 3. The van der Waals surface area contributed by atoms with Crippen LogP contribution < -0.4 is 26.8 Å². The van der Waals surface area contributed by atoms with E-state index >= 15 is 0 Å². The molecule has 0 saturated heterocycles. The first-order valence-corrected chi connectivity index (χ1v) is 13.7. The second-order valence-electron chi connectivity index (χ2n) is 8.68. The maximum Gasteiger partial charge on any atom is 0.314 e. The van der Waals surface area contributed by atoms with Crippen molar-refractivity contribution < 1.29 is 22.8 Å². The quantitative estimate of drug-likeness (QED) is 0.256. The lowest BCUT2D eigenvalue weighted by molar-refractivity contribution is -0.137. The Bertz CT molecular complexity index is 1550. The number of carbonyl (C=O) groups is 2. The summed E-state index contributed by atoms with van der Waals surface area (Å²) in [7, 11) is -3.96. The fraction of sp³-hybridized carbons (Fsp3) is 0.200. The summed E-state index contributed by atoms with van der Waals surface area (Å²) in [6.07, 6.45) is 1.43. The molecule has 3 aromatic rings. The van der Waals surface area contributed by atoms with E-state index in [9.17, 15) is 18.0 Å². The first kappa shape index (κ1) is 27.8. The van der Waals surface area contributed by atoms with Crippen LogP contribution in [0.25, 0.3) is 11.1 Å². The van der Waals surface area contributed by atoms with Gasteiger partial charge in [-0.3, -0.25) is 4.79 Å². The predicted molar refractivity (Wildman–Crippen MR) is 148 cm³/mol. The predicted octanol–water partition coefficient (Wildman–Crippen LogP) is 2.45. The van der Waals surface area contributed by atoms with Crippen molar-refractivity contribution in [2.24, 2.45) is 10.3 Å². The van der Waals surface area contributed by atoms with Gasteiger partial charge in [0, 0.05) is 35.9 Å². The van der Waals surface area contributed by atoms with Gasteiger partial charge >= 0.3 is 6.03 Å². The maximum atomic E-state index is 13.5. The second kappa shape index (κ2) is 11.3. The Morgan fingerprint density at radius 3 is 2.51 bits per heavy atom. The Morgan fingerprint density at radius 2 is 1.85 bits per heavy atom. The number of oxime groups is 1. The van der Waals surface area contributed by atoms with Crippen LogP contribution in [0.3, 0.4) is 0 Å². The van der Waals surface area contributed by atoms with Crippen LogP contribution in [0.15, 0.2) is 70.8 Å². The normalized spacial score (nSPS) is 16.6. The van der Waals surface area contributed by atoms with Crippen molar-refractivity contribution in [1.29, 1.82) is 0 Å². The van der Waals surface area contributed by atoms with Crippen molar-refractivity contribution in [1.82, 2.24) is 15.6 Å². The van der Waals surface area contributed by atoms with Gasteiger partial charge in [0.05, 0.1) is 27.9 Å². The highest BCUT2D eigenvalue weighted by molar-refractivity contribution is 7.89. The van der Waals surface area contributed by atoms with E-state index in [1.54, 1.807) is 49.4 Å². The van der Waals surface area contributed by atoms with Crippen molar-refractivity contribution in [3.05, 3.63) is 71.4 Å². The number of nitrogen functional groups attached to an aromatic ring is 1. The number of halogens is 1. The molecule has 1 aliphatic heterocycles. The Balaban J connectivity index is 1.56. The molecule has 2 aromatic carbocycles. The molecule has 1 aliphatic rings. The molecule has 0 radical (unpaired) electrons. The van der Waals surface area contributed by atoms with Crippen molar-refractivity contribution in [3.63, 3.8) is 0 Å². The SMILES string of the molecule is CCNC(=O)NC[C@]1(C(=O)Nc2ccc(-c3ccccc3S(N)(=O)=O)cn2)CC(c2ccc(Cl)c(N)c2)=NO1. The molecule has 1 aromatic heterocycles. The summed E-state index contributed by atoms with van der Waals surface area (Å²) in [5.41, 5.74) is 6.57. The zero-order chi connectivity index (χ0) is 28.2. The number of rotatable bonds is 8. The molecule has 0 fully saturated rings. The van der Waals surface area contributed by atoms with E-state index in [4.69, 9.17) is 27.3 Å². The topological polar surface area (TPSA) is 191 Å². The second-order valence-corrected chi connectivity index (χ2v) is 10.6. The van der Waals surface area contributed by atoms with Crippen LogP contribution in [0.5, 0.6) is 0 Å². The third-order valence-corrected chi connectivity index (χ3v) is 7.22. The molecule has 39 heavy (non-hydrogen) atoms. The summed E-state index contributed by atoms with van der Waals surface area (Å²) in [6, 6.07) is 13.8. The molecule has 3 amide bonds. The molecule has 0 unspecified atom stereocenters. The van der Waals surface area contributed by atoms with Gasteiger partial charge < -0.3 is 26.5 Å². The first-order chi connectivity index (χ1) is 18.5. The summed E-state index contributed by atoms with van der Waals surface area (Å²) in [4.78, 5) is 35.4. The van der Waals surface area contributed by atoms with Crippen LogP contribution in [0.1, 0.15) is 18.9 Å². The highest BCUT2D eigenvalue weighted by atomic mass is 35.5. The van der Waals surface area contributed by atoms with Gasteiger partial charge in [-0.15, -0.1) is 0 Å². The van der Waals surface area contributed by atoms with Gasteiger partial charge in [-0.2, -0.15) is 0 Å². The monoisotopic (exact) mass is 571 g/mol. The van der Waals surface area contributed by atoms with Crippen molar-refractivity contribution in [2.75, 3.05) is 24.1 Å². The minimum absolute atomic E-state index is 0.0200. The minimum Gasteiger partial charge on any atom is -0.398 e. The number of urea groups is 1. The Morgan fingerprint density at radius 1 is 1.10 bits per heavy atom. The van der Waals surface area contributed by atoms with Crippen LogP contribution in [0, 0.1) is 0 Å². The Kier molecular flexibility index (Phi) is 8.04. The minimum atomic E-state index is -3.96. The molecule has 204 valence electrons. The molecule has 12 nitrogen and oxygen atoms in total. The number of amides is 3. The first-order valence-electron chi connectivity index (χ1n) is 11.7. The van der Waals surface area contributed by atoms with E-state index in [2.05, 4.69) is 26.1 Å². The average molecular weight is 572 g/mol. The molecule has 0 aliphatic carbocycles. The third-order valence-electron chi connectivity index (χ3n) is 5.91. The van der Waals surface area contributed by atoms with Gasteiger partial charge in [0.15, 0.2) is 0 Å². The molecule has 1 atom stereocenters. The number of hydrogen-bond acceptors (Lipinski definition) is 8. The number of sulfonamides is 1. The number of hydrogen-bond donors (Lipinski definition) is 5. The summed E-state index contributed by atoms with van der Waals surface area (Å²) < 4.78 is 23.9. The number of carbonyl (C=O) groups excluding carboxylic acids is 2. The number of benzene rings is 2. The molecule has 0 saturated carbocycles. The molecule has 0 spiro atoms. The summed E-state index contributed by atoms with van der Waals surface area (Å²) in [5.74, 6) is -0.438. The number of primary sulfonamides is 1. The number of anilines is 2. The lowest BCUT2D eigenvalue weighted by atomic mass is 9.92. The van der Waals surface area contributed by atoms with Crippen molar-refractivity contribution in [3.8, 4) is 11.1 Å². The smallest absolute Gasteiger partial charge is 0.314 e. The number of aromatic nitrogens is 1. The zero-order valence-electron chi connectivity index (χ0n) is 20.8. The lowest BCUT2D eigenvalue weighted by Crippen LogP contribution is -2.53. The van der Waals surface area contributed by atoms with Gasteiger partial charge in [-0.1, -0.05) is 41.0 Å². The lowest BCUT2D eigenvalue weighted by Gasteiger charge is -2.25. The maximum absolute atomic E-state index is 13.5. The molecule has 4 rings (SSSR count). The van der Waals surface area contributed by atoms with Gasteiger partial charge in [-0.25, -0.2) is 23.3 Å². The van der Waals surface area contributed by atoms with Gasteiger partial charge in [-0.05, 0) is 37.3 Å². The van der Waals surface area contributed by atoms with E-state index in [0.29, 0.717) is 39.7 Å². The molecule has 2 heterocycles. The molecule has 7 N–H and O–H groups in total. The third kappa shape index (κ3) is 6.28. The molecule has 0 bridgehead atoms. The van der Waals surface area contributed by atoms with Crippen LogP contribution >= 0.6 is 11.6 Å². The standard InChI is InChI=1S/C25H26ClN7O5S/c1-2-29-24(35)31-14-25(12-20(33-38-25)15-7-9-18(26)19(27)11-15)23(34)32-22-10-8-16(13-30-22)17-5-3-4-6-21(17)39(28,36)37/h3-11,13H,2,12,14,27H2,1H3,(H2,28,36,37)(H2,29,31,35)(H,30,32,34)/t25-/m0/s1. The Hall–Kier alpha value is -4.20. The van der Waals surface area contributed by atoms with Crippen molar-refractivity contribution in [2.45, 2.75) is 23.8 Å². The molecular weight excluding hydrogens is 546 g/mol. The van der Waals surface area contributed by atoms with Crippen LogP contribution in [-0.2, 0) is 19.7 Å². The average Bonchev–Trinajstić information content (AvgIpc) is 3.35. The molecule has 14 heteroatoms. The van der Waals surface area contributed by atoms with E-state index < -0.39 is 27.6 Å². The fourth-order valence-corrected chi connectivity index (χ4v) is 4.79. The van der Waals surface area contributed by atoms with Crippen LogP contribution in [0.4, 0.5) is 16.3 Å². The van der Waals surface area contributed by atoms with Gasteiger partial charge in [0.25, 0.3) is 5.91 Å². The largest absolute Gasteiger partial charge is 0.398 e. The van der Waals surface area contributed by atoms with E-state index in [1.807, 2.05) is 0 Å². The molecular formula is C25H26ClN7O5S. The highest BCUT2D eigenvalue weighted by Crippen LogP contribution is 2.31. The van der Waals surface area contributed by atoms with Gasteiger partial charge in [0.1, 0.15) is 5.82 Å². The highest BCUT2D eigenvalue weighted by Gasteiger charge is 2.47. The number of nitrogens with two attached hydrogens (primary N) is 2. The van der Waals surface area contributed by atoms with Gasteiger partial charge in [0.2, 0.25) is 15.6 Å². The van der Waals surface area contributed by atoms with E-state index in [0.717, 1.165) is 0 Å². The van der Waals surface area contributed by atoms with Crippen LogP contribution in [-0.4, -0.2) is 49.7 Å². The zero-order valence-corrected chi connectivity index (χ0v) is 22.3.